The molecule has 0 unspecified atom stereocenters. The molecule has 0 aromatic heterocycles. The molecule has 0 aliphatic carbocycles. The number of ketones is 1. The fourth-order valence-electron chi connectivity index (χ4n) is 2.48. The van der Waals surface area contributed by atoms with Crippen LogP contribution < -0.4 is 0 Å². The van der Waals surface area contributed by atoms with Crippen molar-refractivity contribution in [2.45, 2.75) is 62.0 Å². The monoisotopic (exact) mass is 402 g/mol. The van der Waals surface area contributed by atoms with E-state index in [0.29, 0.717) is 5.56 Å². The fourth-order valence-corrected chi connectivity index (χ4v) is 6.68. The molecule has 0 fully saturated rings. The number of carbonyl (C=O) groups is 1. The minimum absolute atomic E-state index is 0.0626. The lowest BCUT2D eigenvalue weighted by Crippen LogP contribution is -2.59. The Balaban J connectivity index is 2.13. The number of carbonyl (C=O) groups excluding carboxylic acids is 1. The second kappa shape index (κ2) is 7.84. The van der Waals surface area contributed by atoms with Gasteiger partial charge in [-0.15, -0.1) is 0 Å². The smallest absolute Gasteiger partial charge is 0.192 e. The van der Waals surface area contributed by atoms with Gasteiger partial charge in [0, 0.05) is 15.4 Å². The van der Waals surface area contributed by atoms with Crippen molar-refractivity contribution in [2.24, 2.45) is 0 Å². The van der Waals surface area contributed by atoms with E-state index < -0.39 is 21.0 Å². The van der Waals surface area contributed by atoms with E-state index in [4.69, 9.17) is 4.43 Å². The van der Waals surface area contributed by atoms with Gasteiger partial charge >= 0.3 is 0 Å². The first-order valence-electron chi connectivity index (χ1n) is 9.00. The van der Waals surface area contributed by atoms with E-state index in [1.54, 1.807) is 11.8 Å². The molecule has 5 heteroatoms. The van der Waals surface area contributed by atoms with Crippen LogP contribution in [0.4, 0.5) is 0 Å². The Morgan fingerprint density at radius 2 is 1.35 bits per heavy atom. The first-order valence-corrected chi connectivity index (χ1v) is 17.2. The van der Waals surface area contributed by atoms with Gasteiger partial charge in [0.1, 0.15) is 5.60 Å². The Bertz CT molecular complexity index is 748. The summed E-state index contributed by atoms with van der Waals surface area (Å²) in [5.74, 6) is 0.0626. The zero-order chi connectivity index (χ0) is 19.6. The van der Waals surface area contributed by atoms with Crippen molar-refractivity contribution in [1.82, 2.24) is 0 Å². The second-order valence-electron chi connectivity index (χ2n) is 8.64. The molecule has 0 saturated carbocycles. The zero-order valence-electron chi connectivity index (χ0n) is 16.9. The third kappa shape index (κ3) is 5.19. The van der Waals surface area contributed by atoms with Gasteiger partial charge in [0.25, 0.3) is 0 Å². The van der Waals surface area contributed by atoms with Gasteiger partial charge in [0.2, 0.25) is 0 Å². The van der Waals surface area contributed by atoms with Gasteiger partial charge in [-0.3, -0.25) is 4.79 Å². The fraction of sp³-hybridized carbons (Fsp3) is 0.381. The van der Waals surface area contributed by atoms with Crippen molar-refractivity contribution in [3.63, 3.8) is 0 Å². The summed E-state index contributed by atoms with van der Waals surface area (Å²) in [7, 11) is -3.32. The van der Waals surface area contributed by atoms with E-state index in [1.165, 1.54) is 4.90 Å². The molecule has 0 bridgehead atoms. The van der Waals surface area contributed by atoms with Crippen LogP contribution in [0.1, 0.15) is 24.2 Å². The van der Waals surface area contributed by atoms with Crippen molar-refractivity contribution in [1.29, 1.82) is 0 Å². The molecule has 2 aromatic rings. The Morgan fingerprint density at radius 1 is 0.846 bits per heavy atom. The largest absolute Gasteiger partial charge is 0.408 e. The van der Waals surface area contributed by atoms with Crippen LogP contribution in [0.5, 0.6) is 0 Å². The number of rotatable bonds is 7. The third-order valence-electron chi connectivity index (χ3n) is 4.96. The molecule has 140 valence electrons. The molecule has 0 aliphatic heterocycles. The Kier molecular flexibility index (Phi) is 6.38. The average molecular weight is 403 g/mol. The van der Waals surface area contributed by atoms with E-state index >= 15 is 0 Å². The minimum atomic E-state index is -1.88. The lowest BCUT2D eigenvalue weighted by atomic mass is 9.97. The van der Waals surface area contributed by atoms with Crippen LogP contribution in [0.2, 0.25) is 32.7 Å². The van der Waals surface area contributed by atoms with Crippen molar-refractivity contribution < 1.29 is 9.22 Å². The molecule has 0 heterocycles. The molecule has 0 atom stereocenters. The van der Waals surface area contributed by atoms with Gasteiger partial charge in [-0.05, 0) is 51.2 Å². The summed E-state index contributed by atoms with van der Waals surface area (Å²) in [5, 5.41) is 0. The van der Waals surface area contributed by atoms with Gasteiger partial charge in [-0.1, -0.05) is 61.7 Å². The highest BCUT2D eigenvalue weighted by Crippen LogP contribution is 2.30. The Morgan fingerprint density at radius 3 is 1.85 bits per heavy atom. The third-order valence-corrected chi connectivity index (χ3v) is 21.8. The molecule has 0 amide bonds. The molecule has 0 spiro atoms. The minimum Gasteiger partial charge on any atom is -0.408 e. The molecule has 26 heavy (non-hydrogen) atoms. The molecule has 0 N–H and O–H groups in total. The lowest BCUT2D eigenvalue weighted by Gasteiger charge is -2.41. The van der Waals surface area contributed by atoms with E-state index in [1.807, 2.05) is 56.3 Å². The van der Waals surface area contributed by atoms with Crippen LogP contribution in [0, 0.1) is 0 Å². The summed E-state index contributed by atoms with van der Waals surface area (Å²) in [6.45, 7) is 15.3. The summed E-state index contributed by atoms with van der Waals surface area (Å²) < 4.78 is 6.48. The topological polar surface area (TPSA) is 26.3 Å². The highest BCUT2D eigenvalue weighted by atomic mass is 32.2. The van der Waals surface area contributed by atoms with Gasteiger partial charge in [-0.2, -0.15) is 0 Å². The first kappa shape index (κ1) is 21.2. The normalized spacial score (nSPS) is 12.9. The molecule has 2 nitrogen and oxygen atoms in total. The van der Waals surface area contributed by atoms with Crippen LogP contribution in [0.15, 0.2) is 64.4 Å². The van der Waals surface area contributed by atoms with E-state index in [9.17, 15) is 4.79 Å². The molecule has 2 aromatic carbocycles. The highest BCUT2D eigenvalue weighted by molar-refractivity contribution is 7.99. The maximum Gasteiger partial charge on any atom is 0.192 e. The standard InChI is InChI=1S/C21H30O2SSi2/c1-21(2,23-26(6,7)25(3,4)5)20(22)17-13-15-19(16-14-17)24-18-11-9-8-10-12-18/h8-16H,1-7H3. The number of benzene rings is 2. The molecule has 0 aliphatic rings. The van der Waals surface area contributed by atoms with Crippen LogP contribution in [0.3, 0.4) is 0 Å². The summed E-state index contributed by atoms with van der Waals surface area (Å²) in [6.07, 6.45) is 0. The quantitative estimate of drug-likeness (QED) is 0.394. The molecule has 0 saturated heterocycles. The van der Waals surface area contributed by atoms with Crippen molar-refractivity contribution >= 4 is 33.0 Å². The lowest BCUT2D eigenvalue weighted by molar-refractivity contribution is 0.0568. The van der Waals surface area contributed by atoms with Crippen molar-refractivity contribution in [3.05, 3.63) is 60.2 Å². The molecular weight excluding hydrogens is 372 g/mol. The Hall–Kier alpha value is -1.15. The predicted molar refractivity (Wildman–Crippen MR) is 117 cm³/mol. The average Bonchev–Trinajstić information content (AvgIpc) is 2.54. The van der Waals surface area contributed by atoms with Crippen LogP contribution in [0.25, 0.3) is 0 Å². The number of hydrogen-bond acceptors (Lipinski definition) is 3. The van der Waals surface area contributed by atoms with Crippen molar-refractivity contribution in [3.8, 4) is 0 Å². The van der Waals surface area contributed by atoms with Gasteiger partial charge < -0.3 is 4.43 Å². The summed E-state index contributed by atoms with van der Waals surface area (Å²) in [4.78, 5) is 15.4. The van der Waals surface area contributed by atoms with E-state index in [-0.39, 0.29) is 5.78 Å². The second-order valence-corrected chi connectivity index (χ2v) is 25.6. The highest BCUT2D eigenvalue weighted by Gasteiger charge is 2.45. The van der Waals surface area contributed by atoms with E-state index in [2.05, 4.69) is 44.9 Å². The maximum absolute atomic E-state index is 13.0. The van der Waals surface area contributed by atoms with Crippen molar-refractivity contribution in [2.75, 3.05) is 0 Å². The molecular formula is C21H30O2SSi2. The van der Waals surface area contributed by atoms with Crippen LogP contribution in [-0.2, 0) is 4.43 Å². The SMILES string of the molecule is CC(C)(O[Si](C)(C)[Si](C)(C)C)C(=O)c1ccc(Sc2ccccc2)cc1. The van der Waals surface area contributed by atoms with E-state index in [0.717, 1.165) is 4.90 Å². The van der Waals surface area contributed by atoms with Crippen LogP contribution in [-0.4, -0.2) is 26.8 Å². The van der Waals surface area contributed by atoms with Gasteiger partial charge in [-0.25, -0.2) is 0 Å². The first-order chi connectivity index (χ1) is 11.9. The summed E-state index contributed by atoms with van der Waals surface area (Å²) in [6, 6.07) is 18.1. The summed E-state index contributed by atoms with van der Waals surface area (Å²) >= 11 is 1.70. The number of hydrogen-bond donors (Lipinski definition) is 0. The maximum atomic E-state index is 13.0. The predicted octanol–water partition coefficient (Wildman–Crippen LogP) is 6.44. The molecule has 0 radical (unpaired) electrons. The molecule has 2 rings (SSSR count). The van der Waals surface area contributed by atoms with Gasteiger partial charge in [0.15, 0.2) is 13.6 Å². The zero-order valence-corrected chi connectivity index (χ0v) is 19.7. The summed E-state index contributed by atoms with van der Waals surface area (Å²) in [5.41, 5.74) is -0.0721. The van der Waals surface area contributed by atoms with Crippen LogP contribution >= 0.6 is 11.8 Å². The van der Waals surface area contributed by atoms with Gasteiger partial charge in [0.05, 0.1) is 7.59 Å². The Labute approximate surface area is 164 Å². The number of Topliss-reactive ketones (excluding diaryl/α,β-unsaturated/α-hetero) is 1.